The van der Waals surface area contributed by atoms with Gasteiger partial charge in [-0.1, -0.05) is 25.4 Å². The maximum atomic E-state index is 12.3. The van der Waals surface area contributed by atoms with Crippen molar-refractivity contribution >= 4 is 29.2 Å². The molecule has 134 valence electrons. The fourth-order valence-electron chi connectivity index (χ4n) is 2.02. The van der Waals surface area contributed by atoms with E-state index in [1.807, 2.05) is 13.8 Å². The van der Waals surface area contributed by atoms with Crippen LogP contribution in [-0.4, -0.2) is 24.6 Å². The number of Topliss-reactive ketones (excluding diaryl/α,β-unsaturated/α-hetero) is 1. The molecule has 0 spiro atoms. The molecule has 0 radical (unpaired) electrons. The summed E-state index contributed by atoms with van der Waals surface area (Å²) in [5, 5.41) is 3.07. The summed E-state index contributed by atoms with van der Waals surface area (Å²) in [7, 11) is 1.49. The predicted octanol–water partition coefficient (Wildman–Crippen LogP) is 4.85. The van der Waals surface area contributed by atoms with Crippen molar-refractivity contribution in [3.63, 3.8) is 0 Å². The quantitative estimate of drug-likeness (QED) is 0.791. The maximum Gasteiger partial charge on any atom is 0.412 e. The number of nitrogens with one attached hydrogen (secondary N) is 1. The number of hydrogen-bond donors (Lipinski definition) is 1. The lowest BCUT2D eigenvalue weighted by Crippen LogP contribution is -2.27. The van der Waals surface area contributed by atoms with Gasteiger partial charge in [0.1, 0.15) is 17.1 Å². The highest BCUT2D eigenvalue weighted by molar-refractivity contribution is 6.32. The number of methoxy groups -OCH3 is 1. The number of carbonyl (C=O) groups is 2. The number of anilines is 1. The zero-order valence-electron chi connectivity index (χ0n) is 15.2. The highest BCUT2D eigenvalue weighted by atomic mass is 35.5. The Labute approximate surface area is 148 Å². The van der Waals surface area contributed by atoms with Crippen LogP contribution in [0.5, 0.6) is 5.75 Å². The summed E-state index contributed by atoms with van der Waals surface area (Å²) < 4.78 is 10.5. The Kier molecular flexibility index (Phi) is 7.08. The van der Waals surface area contributed by atoms with E-state index in [2.05, 4.69) is 5.32 Å². The van der Waals surface area contributed by atoms with Crippen molar-refractivity contribution in [2.75, 3.05) is 12.4 Å². The third-order valence-corrected chi connectivity index (χ3v) is 3.84. The van der Waals surface area contributed by atoms with E-state index in [4.69, 9.17) is 21.1 Å². The molecule has 0 aliphatic carbocycles. The molecule has 1 N–H and O–H groups in total. The van der Waals surface area contributed by atoms with Gasteiger partial charge in [-0.2, -0.15) is 0 Å². The van der Waals surface area contributed by atoms with Crippen LogP contribution in [-0.2, 0) is 16.0 Å². The standard InChI is InChI=1S/C18H26ClNO4/c1-7-11(2)15(21)9-12-8-13(19)16(23-6)10-14(12)20-17(22)24-18(3,4)5/h8,10-11H,7,9H2,1-6H3,(H,20,22). The maximum absolute atomic E-state index is 12.3. The normalized spacial score (nSPS) is 12.5. The van der Waals surface area contributed by atoms with Gasteiger partial charge in [-0.05, 0) is 38.8 Å². The number of halogens is 1. The Morgan fingerprint density at radius 1 is 1.29 bits per heavy atom. The average molecular weight is 356 g/mol. The molecule has 0 saturated carbocycles. The Morgan fingerprint density at radius 3 is 2.42 bits per heavy atom. The lowest BCUT2D eigenvalue weighted by Gasteiger charge is -2.21. The molecule has 0 saturated heterocycles. The van der Waals surface area contributed by atoms with Crippen molar-refractivity contribution in [1.29, 1.82) is 0 Å². The van der Waals surface area contributed by atoms with Crippen LogP contribution in [0.15, 0.2) is 12.1 Å². The minimum Gasteiger partial charge on any atom is -0.495 e. The van der Waals surface area contributed by atoms with Crippen molar-refractivity contribution in [2.45, 2.75) is 53.1 Å². The van der Waals surface area contributed by atoms with Crippen molar-refractivity contribution < 1.29 is 19.1 Å². The van der Waals surface area contributed by atoms with Crippen molar-refractivity contribution in [2.24, 2.45) is 5.92 Å². The second kappa shape index (κ2) is 8.38. The molecule has 1 rings (SSSR count). The van der Waals surface area contributed by atoms with Crippen molar-refractivity contribution in [3.8, 4) is 5.75 Å². The van der Waals surface area contributed by atoms with E-state index in [-0.39, 0.29) is 18.1 Å². The molecule has 6 heteroatoms. The molecule has 5 nitrogen and oxygen atoms in total. The zero-order valence-corrected chi connectivity index (χ0v) is 15.9. The molecule has 1 aromatic rings. The molecule has 0 aliphatic rings. The lowest BCUT2D eigenvalue weighted by molar-refractivity contribution is -0.121. The average Bonchev–Trinajstić information content (AvgIpc) is 2.46. The molecule has 24 heavy (non-hydrogen) atoms. The third-order valence-electron chi connectivity index (χ3n) is 3.54. The van der Waals surface area contributed by atoms with E-state index >= 15 is 0 Å². The predicted molar refractivity (Wildman–Crippen MR) is 96.0 cm³/mol. The van der Waals surface area contributed by atoms with E-state index in [1.54, 1.807) is 32.9 Å². The summed E-state index contributed by atoms with van der Waals surface area (Å²) in [4.78, 5) is 24.3. The Morgan fingerprint density at radius 2 is 1.92 bits per heavy atom. The van der Waals surface area contributed by atoms with Gasteiger partial charge < -0.3 is 9.47 Å². The summed E-state index contributed by atoms with van der Waals surface area (Å²) in [6, 6.07) is 3.25. The van der Waals surface area contributed by atoms with Crippen LogP contribution >= 0.6 is 11.6 Å². The van der Waals surface area contributed by atoms with Crippen LogP contribution in [0.2, 0.25) is 5.02 Å². The van der Waals surface area contributed by atoms with Gasteiger partial charge in [0.05, 0.1) is 17.8 Å². The van der Waals surface area contributed by atoms with Gasteiger partial charge >= 0.3 is 6.09 Å². The van der Waals surface area contributed by atoms with Crippen LogP contribution in [0.3, 0.4) is 0 Å². The number of rotatable bonds is 6. The number of ketones is 1. The first kappa shape index (κ1) is 20.3. The van der Waals surface area contributed by atoms with Gasteiger partial charge in [0.25, 0.3) is 0 Å². The van der Waals surface area contributed by atoms with Crippen LogP contribution in [0.4, 0.5) is 10.5 Å². The van der Waals surface area contributed by atoms with Crippen LogP contribution in [0.25, 0.3) is 0 Å². The van der Waals surface area contributed by atoms with Gasteiger partial charge in [0.2, 0.25) is 0 Å². The van der Waals surface area contributed by atoms with Crippen LogP contribution in [0, 0.1) is 5.92 Å². The van der Waals surface area contributed by atoms with E-state index in [0.717, 1.165) is 6.42 Å². The van der Waals surface area contributed by atoms with Gasteiger partial charge in [-0.25, -0.2) is 4.79 Å². The van der Waals surface area contributed by atoms with Crippen molar-refractivity contribution in [1.82, 2.24) is 0 Å². The summed E-state index contributed by atoms with van der Waals surface area (Å²) in [6.45, 7) is 9.19. The second-order valence-electron chi connectivity index (χ2n) is 6.72. The summed E-state index contributed by atoms with van der Waals surface area (Å²) in [5.74, 6) is 0.452. The highest BCUT2D eigenvalue weighted by Gasteiger charge is 2.20. The largest absolute Gasteiger partial charge is 0.495 e. The minimum absolute atomic E-state index is 0.0553. The molecule has 1 atom stereocenters. The Hall–Kier alpha value is -1.75. The summed E-state index contributed by atoms with van der Waals surface area (Å²) in [5.41, 5.74) is 0.479. The summed E-state index contributed by atoms with van der Waals surface area (Å²) in [6.07, 6.45) is 0.352. The highest BCUT2D eigenvalue weighted by Crippen LogP contribution is 2.32. The van der Waals surface area contributed by atoms with Gasteiger partial charge in [-0.3, -0.25) is 10.1 Å². The molecule has 0 bridgehead atoms. The molecular weight excluding hydrogens is 330 g/mol. The fourth-order valence-corrected chi connectivity index (χ4v) is 2.28. The molecule has 1 unspecified atom stereocenters. The topological polar surface area (TPSA) is 64.6 Å². The smallest absolute Gasteiger partial charge is 0.412 e. The number of ether oxygens (including phenoxy) is 2. The van der Waals surface area contributed by atoms with Crippen LogP contribution in [0.1, 0.15) is 46.6 Å². The van der Waals surface area contributed by atoms with Crippen LogP contribution < -0.4 is 10.1 Å². The number of benzene rings is 1. The lowest BCUT2D eigenvalue weighted by atomic mass is 9.96. The van der Waals surface area contributed by atoms with Gasteiger partial charge in [0.15, 0.2) is 0 Å². The summed E-state index contributed by atoms with van der Waals surface area (Å²) >= 11 is 6.16. The molecule has 1 amide bonds. The minimum atomic E-state index is -0.618. The third kappa shape index (κ3) is 6.04. The number of hydrogen-bond acceptors (Lipinski definition) is 4. The SMILES string of the molecule is CCC(C)C(=O)Cc1cc(Cl)c(OC)cc1NC(=O)OC(C)(C)C. The van der Waals surface area contributed by atoms with Gasteiger partial charge in [0, 0.05) is 18.4 Å². The first-order valence-corrected chi connectivity index (χ1v) is 8.34. The molecular formula is C18H26ClNO4. The van der Waals surface area contributed by atoms with E-state index < -0.39 is 11.7 Å². The molecule has 0 aliphatic heterocycles. The van der Waals surface area contributed by atoms with Gasteiger partial charge in [-0.15, -0.1) is 0 Å². The zero-order chi connectivity index (χ0) is 18.5. The van der Waals surface area contributed by atoms with E-state index in [9.17, 15) is 9.59 Å². The van der Waals surface area contributed by atoms with E-state index in [0.29, 0.717) is 22.0 Å². The Bertz CT molecular complexity index is 608. The first-order valence-electron chi connectivity index (χ1n) is 7.96. The van der Waals surface area contributed by atoms with Crippen molar-refractivity contribution in [3.05, 3.63) is 22.7 Å². The molecule has 0 aromatic heterocycles. The molecule has 0 fully saturated rings. The molecule has 0 heterocycles. The monoisotopic (exact) mass is 355 g/mol. The molecule has 1 aromatic carbocycles. The number of amides is 1. The number of carbonyl (C=O) groups excluding carboxylic acids is 2. The van der Waals surface area contributed by atoms with E-state index in [1.165, 1.54) is 7.11 Å². The Balaban J connectivity index is 3.10. The fraction of sp³-hybridized carbons (Fsp3) is 0.556. The first-order chi connectivity index (χ1) is 11.1. The second-order valence-corrected chi connectivity index (χ2v) is 7.13.